The molecule has 1 fully saturated rings. The molecule has 0 aromatic heterocycles. The molecule has 2 unspecified atom stereocenters. The highest BCUT2D eigenvalue weighted by Gasteiger charge is 2.33. The summed E-state index contributed by atoms with van der Waals surface area (Å²) in [5.74, 6) is 1.70. The van der Waals surface area contributed by atoms with Crippen LogP contribution in [0, 0.1) is 0 Å². The van der Waals surface area contributed by atoms with E-state index in [-0.39, 0.29) is 11.4 Å². The summed E-state index contributed by atoms with van der Waals surface area (Å²) in [6, 6.07) is 0.239. The van der Waals surface area contributed by atoms with Crippen molar-refractivity contribution in [2.45, 2.75) is 24.8 Å². The Morgan fingerprint density at radius 3 is 2.89 bits per heavy atom. The first-order chi connectivity index (χ1) is 8.96. The fourth-order valence-electron chi connectivity index (χ4n) is 2.24. The van der Waals surface area contributed by atoms with Gasteiger partial charge in [-0.2, -0.15) is 11.8 Å². The number of nitrogens with zero attached hydrogens (tertiary/aromatic N) is 1. The number of methoxy groups -OCH3 is 1. The Morgan fingerprint density at radius 1 is 1.53 bits per heavy atom. The number of hydrogen-bond donors (Lipinski definition) is 1. The van der Waals surface area contributed by atoms with Gasteiger partial charge in [-0.25, -0.2) is 8.42 Å². The van der Waals surface area contributed by atoms with Crippen molar-refractivity contribution < 1.29 is 13.2 Å². The van der Waals surface area contributed by atoms with Crippen molar-refractivity contribution >= 4 is 21.6 Å². The van der Waals surface area contributed by atoms with Crippen LogP contribution in [0.5, 0.6) is 0 Å². The number of ether oxygens (including phenoxy) is 1. The molecule has 1 N–H and O–H groups in total. The van der Waals surface area contributed by atoms with E-state index in [9.17, 15) is 8.42 Å². The van der Waals surface area contributed by atoms with Gasteiger partial charge in [0.25, 0.3) is 0 Å². The Kier molecular flexibility index (Phi) is 7.68. The molecular weight excluding hydrogens is 284 g/mol. The maximum atomic E-state index is 11.8. The SMILES string of the molecule is COCCCNCC(C)N1CCSCC1S(C)(=O)=O. The Hall–Kier alpha value is 0.180. The largest absolute Gasteiger partial charge is 0.385 e. The molecule has 0 saturated carbocycles. The van der Waals surface area contributed by atoms with Crippen LogP contribution in [0.25, 0.3) is 0 Å². The summed E-state index contributed by atoms with van der Waals surface area (Å²) in [7, 11) is -1.30. The summed E-state index contributed by atoms with van der Waals surface area (Å²) in [5, 5.41) is 3.03. The summed E-state index contributed by atoms with van der Waals surface area (Å²) in [6.07, 6.45) is 2.32. The first-order valence-electron chi connectivity index (χ1n) is 6.69. The minimum atomic E-state index is -3.00. The minimum Gasteiger partial charge on any atom is -0.385 e. The van der Waals surface area contributed by atoms with Gasteiger partial charge in [0.1, 0.15) is 5.37 Å². The maximum Gasteiger partial charge on any atom is 0.164 e. The first-order valence-corrected chi connectivity index (χ1v) is 9.79. The Morgan fingerprint density at radius 2 is 2.26 bits per heavy atom. The lowest BCUT2D eigenvalue weighted by molar-refractivity contribution is 0.185. The third-order valence-corrected chi connectivity index (χ3v) is 5.99. The molecule has 0 amide bonds. The summed E-state index contributed by atoms with van der Waals surface area (Å²) < 4.78 is 28.6. The molecule has 7 heteroatoms. The van der Waals surface area contributed by atoms with Crippen molar-refractivity contribution in [1.82, 2.24) is 10.2 Å². The molecule has 1 heterocycles. The van der Waals surface area contributed by atoms with Gasteiger partial charge in [0, 0.05) is 50.6 Å². The zero-order chi connectivity index (χ0) is 14.3. The molecule has 0 aromatic carbocycles. The quantitative estimate of drug-likeness (QED) is 0.656. The monoisotopic (exact) mass is 310 g/mol. The van der Waals surface area contributed by atoms with Gasteiger partial charge in [-0.15, -0.1) is 0 Å². The van der Waals surface area contributed by atoms with Crippen LogP contribution in [0.1, 0.15) is 13.3 Å². The van der Waals surface area contributed by atoms with Gasteiger partial charge in [-0.1, -0.05) is 0 Å². The van der Waals surface area contributed by atoms with Gasteiger partial charge < -0.3 is 10.1 Å². The van der Waals surface area contributed by atoms with Crippen LogP contribution in [0.15, 0.2) is 0 Å². The lowest BCUT2D eigenvalue weighted by Crippen LogP contribution is -2.53. The zero-order valence-electron chi connectivity index (χ0n) is 12.1. The van der Waals surface area contributed by atoms with E-state index in [1.54, 1.807) is 18.9 Å². The van der Waals surface area contributed by atoms with Crippen LogP contribution in [0.4, 0.5) is 0 Å². The third kappa shape index (κ3) is 5.99. The summed E-state index contributed by atoms with van der Waals surface area (Å²) in [4.78, 5) is 2.12. The second-order valence-corrected chi connectivity index (χ2v) is 8.35. The smallest absolute Gasteiger partial charge is 0.164 e. The van der Waals surface area contributed by atoms with Gasteiger partial charge in [0.15, 0.2) is 9.84 Å². The molecule has 2 atom stereocenters. The topological polar surface area (TPSA) is 58.6 Å². The van der Waals surface area contributed by atoms with Crippen molar-refractivity contribution in [1.29, 1.82) is 0 Å². The highest BCUT2D eigenvalue weighted by atomic mass is 32.2. The van der Waals surface area contributed by atoms with Crippen molar-refractivity contribution in [2.24, 2.45) is 0 Å². The maximum absolute atomic E-state index is 11.8. The molecule has 5 nitrogen and oxygen atoms in total. The number of thioether (sulfide) groups is 1. The lowest BCUT2D eigenvalue weighted by Gasteiger charge is -2.38. The molecule has 0 aromatic rings. The van der Waals surface area contributed by atoms with E-state index in [2.05, 4.69) is 17.1 Å². The average Bonchev–Trinajstić information content (AvgIpc) is 2.37. The van der Waals surface area contributed by atoms with Crippen molar-refractivity contribution in [3.63, 3.8) is 0 Å². The predicted molar refractivity (Wildman–Crippen MR) is 81.5 cm³/mol. The van der Waals surface area contributed by atoms with Gasteiger partial charge in [0.05, 0.1) is 0 Å². The second kappa shape index (κ2) is 8.46. The van der Waals surface area contributed by atoms with Crippen molar-refractivity contribution in [2.75, 3.05) is 51.1 Å². The molecule has 0 spiro atoms. The molecule has 0 aliphatic carbocycles. The van der Waals surface area contributed by atoms with Crippen LogP contribution in [0.3, 0.4) is 0 Å². The van der Waals surface area contributed by atoms with Crippen molar-refractivity contribution in [3.8, 4) is 0 Å². The molecule has 0 bridgehead atoms. The standard InChI is InChI=1S/C12H26N2O3S2/c1-11(9-13-5-4-7-17-2)14-6-8-18-10-12(14)19(3,15)16/h11-13H,4-10H2,1-3H3. The van der Waals surface area contributed by atoms with Crippen LogP contribution >= 0.6 is 11.8 Å². The summed E-state index contributed by atoms with van der Waals surface area (Å²) in [5.41, 5.74) is 0. The Labute approximate surface area is 121 Å². The van der Waals surface area contributed by atoms with Crippen LogP contribution in [0.2, 0.25) is 0 Å². The minimum absolute atomic E-state index is 0.239. The van der Waals surface area contributed by atoms with Gasteiger partial charge in [-0.05, 0) is 19.9 Å². The van der Waals surface area contributed by atoms with E-state index in [1.165, 1.54) is 6.26 Å². The lowest BCUT2D eigenvalue weighted by atomic mass is 10.2. The molecule has 1 rings (SSSR count). The van der Waals surface area contributed by atoms with Crippen LogP contribution in [-0.4, -0.2) is 75.8 Å². The summed E-state index contributed by atoms with van der Waals surface area (Å²) >= 11 is 1.73. The fourth-order valence-corrected chi connectivity index (χ4v) is 5.22. The van der Waals surface area contributed by atoms with E-state index in [4.69, 9.17) is 4.74 Å². The van der Waals surface area contributed by atoms with E-state index < -0.39 is 9.84 Å². The van der Waals surface area contributed by atoms with E-state index in [0.29, 0.717) is 5.75 Å². The third-order valence-electron chi connectivity index (χ3n) is 3.33. The van der Waals surface area contributed by atoms with E-state index in [1.807, 2.05) is 0 Å². The molecular formula is C12H26N2O3S2. The van der Waals surface area contributed by atoms with Crippen LogP contribution in [-0.2, 0) is 14.6 Å². The highest BCUT2D eigenvalue weighted by molar-refractivity contribution is 8.00. The Balaban J connectivity index is 2.42. The van der Waals surface area contributed by atoms with Gasteiger partial charge in [-0.3, -0.25) is 4.90 Å². The predicted octanol–water partition coefficient (Wildman–Crippen LogP) is 0.421. The molecule has 1 aliphatic heterocycles. The second-order valence-electron chi connectivity index (χ2n) is 5.00. The first kappa shape index (κ1) is 17.2. The molecule has 1 aliphatic rings. The normalized spacial score (nSPS) is 23.4. The van der Waals surface area contributed by atoms with Gasteiger partial charge >= 0.3 is 0 Å². The zero-order valence-corrected chi connectivity index (χ0v) is 13.7. The Bertz CT molecular complexity index is 349. The summed E-state index contributed by atoms with van der Waals surface area (Å²) in [6.45, 7) is 5.43. The molecule has 0 radical (unpaired) electrons. The fraction of sp³-hybridized carbons (Fsp3) is 1.00. The molecule has 1 saturated heterocycles. The number of hydrogen-bond acceptors (Lipinski definition) is 6. The van der Waals surface area contributed by atoms with Crippen molar-refractivity contribution in [3.05, 3.63) is 0 Å². The van der Waals surface area contributed by atoms with Gasteiger partial charge in [0.2, 0.25) is 0 Å². The van der Waals surface area contributed by atoms with E-state index in [0.717, 1.165) is 38.4 Å². The van der Waals surface area contributed by atoms with E-state index >= 15 is 0 Å². The molecule has 114 valence electrons. The highest BCUT2D eigenvalue weighted by Crippen LogP contribution is 2.22. The molecule has 19 heavy (non-hydrogen) atoms. The average molecular weight is 310 g/mol. The number of nitrogens with one attached hydrogen (secondary N) is 1. The van der Waals surface area contributed by atoms with Crippen LogP contribution < -0.4 is 5.32 Å². The number of rotatable bonds is 8. The number of sulfone groups is 1.